The van der Waals surface area contributed by atoms with Crippen LogP contribution in [-0.2, 0) is 6.18 Å². The van der Waals surface area contributed by atoms with Gasteiger partial charge in [0.1, 0.15) is 5.82 Å². The smallest absolute Gasteiger partial charge is 0.353 e. The summed E-state index contributed by atoms with van der Waals surface area (Å²) in [6, 6.07) is 2.73. The van der Waals surface area contributed by atoms with Gasteiger partial charge in [-0.2, -0.15) is 13.2 Å². The van der Waals surface area contributed by atoms with E-state index in [2.05, 4.69) is 10.3 Å². The van der Waals surface area contributed by atoms with E-state index in [0.29, 0.717) is 12.5 Å². The molecule has 3 rings (SSSR count). The maximum atomic E-state index is 13.2. The molecule has 2 aliphatic rings. The van der Waals surface area contributed by atoms with Crippen LogP contribution in [0.2, 0.25) is 0 Å². The first kappa shape index (κ1) is 14.6. The summed E-state index contributed by atoms with van der Waals surface area (Å²) in [4.78, 5) is 5.96. The molecule has 0 atom stereocenters. The number of pyridine rings is 1. The molecule has 3 nitrogen and oxygen atoms in total. The van der Waals surface area contributed by atoms with Gasteiger partial charge in [0.05, 0.1) is 5.56 Å². The summed E-state index contributed by atoms with van der Waals surface area (Å²) in [6.45, 7) is 2.60. The van der Waals surface area contributed by atoms with E-state index in [9.17, 15) is 13.2 Å². The van der Waals surface area contributed by atoms with Gasteiger partial charge in [-0.1, -0.05) is 0 Å². The summed E-state index contributed by atoms with van der Waals surface area (Å²) in [6.07, 6.45) is 1.11. The topological polar surface area (TPSA) is 28.2 Å². The van der Waals surface area contributed by atoms with Crippen LogP contribution < -0.4 is 10.2 Å². The van der Waals surface area contributed by atoms with Crippen molar-refractivity contribution in [2.45, 2.75) is 37.9 Å². The van der Waals surface area contributed by atoms with Gasteiger partial charge in [0, 0.05) is 18.8 Å². The molecule has 1 saturated carbocycles. The highest BCUT2D eigenvalue weighted by atomic mass is 19.4. The van der Waals surface area contributed by atoms with Crippen molar-refractivity contribution >= 4 is 5.82 Å². The minimum atomic E-state index is -4.34. The van der Waals surface area contributed by atoms with Gasteiger partial charge < -0.3 is 10.2 Å². The molecule has 2 heterocycles. The maximum absolute atomic E-state index is 13.2. The molecule has 0 aromatic carbocycles. The predicted molar refractivity (Wildman–Crippen MR) is 75.2 cm³/mol. The second-order valence-corrected chi connectivity index (χ2v) is 5.95. The van der Waals surface area contributed by atoms with Crippen molar-refractivity contribution in [3.05, 3.63) is 23.9 Å². The molecule has 21 heavy (non-hydrogen) atoms. The van der Waals surface area contributed by atoms with E-state index >= 15 is 0 Å². The lowest BCUT2D eigenvalue weighted by Crippen LogP contribution is -2.38. The lowest BCUT2D eigenvalue weighted by atomic mass is 9.97. The van der Waals surface area contributed by atoms with E-state index in [-0.39, 0.29) is 11.9 Å². The summed E-state index contributed by atoms with van der Waals surface area (Å²) in [5, 5.41) is 3.29. The van der Waals surface area contributed by atoms with Crippen LogP contribution >= 0.6 is 0 Å². The summed E-state index contributed by atoms with van der Waals surface area (Å²) < 4.78 is 39.6. The van der Waals surface area contributed by atoms with Crippen LogP contribution in [0.15, 0.2) is 18.3 Å². The van der Waals surface area contributed by atoms with Crippen molar-refractivity contribution in [2.24, 2.45) is 5.92 Å². The fourth-order valence-electron chi connectivity index (χ4n) is 2.98. The van der Waals surface area contributed by atoms with Crippen molar-refractivity contribution < 1.29 is 13.2 Å². The highest BCUT2D eigenvalue weighted by Gasteiger charge is 2.39. The molecule has 0 unspecified atom stereocenters. The number of piperidine rings is 1. The number of nitrogens with zero attached hydrogens (tertiary/aromatic N) is 2. The zero-order valence-electron chi connectivity index (χ0n) is 11.9. The minimum Gasteiger partial charge on any atom is -0.353 e. The molecule has 1 aromatic heterocycles. The number of alkyl halides is 3. The fourth-order valence-corrected chi connectivity index (χ4v) is 2.98. The zero-order valence-corrected chi connectivity index (χ0v) is 11.9. The normalized spacial score (nSPS) is 20.5. The van der Waals surface area contributed by atoms with E-state index in [1.54, 1.807) is 0 Å². The molecular weight excluding hydrogens is 279 g/mol. The summed E-state index contributed by atoms with van der Waals surface area (Å²) in [5.74, 6) is 0.570. The third-order valence-electron chi connectivity index (χ3n) is 4.27. The molecule has 0 spiro atoms. The number of hydrogen-bond acceptors (Lipinski definition) is 3. The average molecular weight is 299 g/mol. The quantitative estimate of drug-likeness (QED) is 0.926. The lowest BCUT2D eigenvalue weighted by Gasteiger charge is -2.32. The van der Waals surface area contributed by atoms with Crippen molar-refractivity contribution in [1.82, 2.24) is 10.3 Å². The Labute approximate surface area is 122 Å². The van der Waals surface area contributed by atoms with Crippen LogP contribution in [0.4, 0.5) is 19.0 Å². The molecule has 0 bridgehead atoms. The van der Waals surface area contributed by atoms with E-state index in [1.807, 2.05) is 4.90 Å². The van der Waals surface area contributed by atoms with Gasteiger partial charge in [-0.3, -0.25) is 0 Å². The average Bonchev–Trinajstić information content (AvgIpc) is 3.30. The fraction of sp³-hybridized carbons (Fsp3) is 0.667. The Morgan fingerprint density at radius 3 is 2.52 bits per heavy atom. The van der Waals surface area contributed by atoms with Crippen LogP contribution in [0.5, 0.6) is 0 Å². The molecule has 1 aromatic rings. The molecule has 0 radical (unpaired) electrons. The number of aromatic nitrogens is 1. The molecule has 1 N–H and O–H groups in total. The number of hydrogen-bond donors (Lipinski definition) is 1. The number of halogens is 3. The maximum Gasteiger partial charge on any atom is 0.419 e. The van der Waals surface area contributed by atoms with Crippen molar-refractivity contribution in [1.29, 1.82) is 0 Å². The zero-order chi connectivity index (χ0) is 14.9. The van der Waals surface area contributed by atoms with Crippen LogP contribution in [0, 0.1) is 5.92 Å². The van der Waals surface area contributed by atoms with Crippen molar-refractivity contribution in [3.63, 3.8) is 0 Å². The Balaban J connectivity index is 1.84. The predicted octanol–water partition coefficient (Wildman–Crippen LogP) is 3.07. The van der Waals surface area contributed by atoms with Gasteiger partial charge >= 0.3 is 6.18 Å². The summed E-state index contributed by atoms with van der Waals surface area (Å²) in [7, 11) is 0. The number of nitrogens with one attached hydrogen (secondary N) is 1. The molecule has 116 valence electrons. The van der Waals surface area contributed by atoms with E-state index < -0.39 is 11.7 Å². The molecule has 1 aliphatic carbocycles. The van der Waals surface area contributed by atoms with Crippen LogP contribution in [0.3, 0.4) is 0 Å². The second kappa shape index (κ2) is 5.83. The second-order valence-electron chi connectivity index (χ2n) is 5.95. The van der Waals surface area contributed by atoms with Gasteiger partial charge in [0.2, 0.25) is 0 Å². The molecular formula is C15H20F3N3. The van der Waals surface area contributed by atoms with E-state index in [0.717, 1.165) is 44.8 Å². The van der Waals surface area contributed by atoms with Crippen molar-refractivity contribution in [2.75, 3.05) is 24.5 Å². The molecule has 1 aliphatic heterocycles. The van der Waals surface area contributed by atoms with Crippen LogP contribution in [0.1, 0.15) is 31.2 Å². The first-order valence-electron chi connectivity index (χ1n) is 7.55. The monoisotopic (exact) mass is 299 g/mol. The van der Waals surface area contributed by atoms with E-state index in [1.165, 1.54) is 12.3 Å². The van der Waals surface area contributed by atoms with Gasteiger partial charge in [-0.05, 0) is 56.8 Å². The highest BCUT2D eigenvalue weighted by molar-refractivity contribution is 5.50. The van der Waals surface area contributed by atoms with Crippen LogP contribution in [0.25, 0.3) is 0 Å². The molecule has 1 saturated heterocycles. The summed E-state index contributed by atoms with van der Waals surface area (Å²) in [5.41, 5.74) is -0.606. The Morgan fingerprint density at radius 2 is 1.90 bits per heavy atom. The standard InChI is InChI=1S/C15H20F3N3/c16-15(17,18)13-2-1-7-20-14(13)21(12-3-4-12)10-11-5-8-19-9-6-11/h1-2,7,11-12,19H,3-6,8-10H2. The first-order chi connectivity index (χ1) is 10.1. The van der Waals surface area contributed by atoms with E-state index in [4.69, 9.17) is 0 Å². The van der Waals surface area contributed by atoms with Crippen LogP contribution in [-0.4, -0.2) is 30.7 Å². The highest BCUT2D eigenvalue weighted by Crippen LogP contribution is 2.40. The van der Waals surface area contributed by atoms with Gasteiger partial charge in [0.25, 0.3) is 0 Å². The Bertz CT molecular complexity index is 479. The SMILES string of the molecule is FC(F)(F)c1cccnc1N(CC1CCNCC1)C1CC1. The minimum absolute atomic E-state index is 0.117. The third-order valence-corrected chi connectivity index (χ3v) is 4.27. The molecule has 0 amide bonds. The van der Waals surface area contributed by atoms with Crippen molar-refractivity contribution in [3.8, 4) is 0 Å². The Morgan fingerprint density at radius 1 is 1.19 bits per heavy atom. The number of rotatable bonds is 4. The Kier molecular flexibility index (Phi) is 4.06. The third kappa shape index (κ3) is 3.48. The summed E-state index contributed by atoms with van der Waals surface area (Å²) >= 11 is 0. The molecule has 6 heteroatoms. The first-order valence-corrected chi connectivity index (χ1v) is 7.55. The van der Waals surface area contributed by atoms with Gasteiger partial charge in [0.15, 0.2) is 0 Å². The Hall–Kier alpha value is -1.30. The van der Waals surface area contributed by atoms with Gasteiger partial charge in [-0.25, -0.2) is 4.98 Å². The molecule has 2 fully saturated rings. The number of anilines is 1. The van der Waals surface area contributed by atoms with Gasteiger partial charge in [-0.15, -0.1) is 0 Å². The lowest BCUT2D eigenvalue weighted by molar-refractivity contribution is -0.137. The largest absolute Gasteiger partial charge is 0.419 e.